The first-order valence-corrected chi connectivity index (χ1v) is 16.1. The van der Waals surface area contributed by atoms with Gasteiger partial charge >= 0.3 is 0 Å². The summed E-state index contributed by atoms with van der Waals surface area (Å²) in [5, 5.41) is 3.41. The van der Waals surface area contributed by atoms with Crippen molar-refractivity contribution in [2.45, 2.75) is 69.5 Å². The highest BCUT2D eigenvalue weighted by Gasteiger charge is 2.34. The summed E-state index contributed by atoms with van der Waals surface area (Å²) >= 11 is 12.4. The van der Waals surface area contributed by atoms with Crippen LogP contribution in [0.5, 0.6) is 0 Å². The first-order chi connectivity index (χ1) is 20.0. The average molecular weight is 635 g/mol. The molecule has 3 aromatic rings. The minimum Gasteiger partial charge on any atom is -0.352 e. The zero-order valence-corrected chi connectivity index (χ0v) is 25.9. The Morgan fingerprint density at radius 1 is 0.976 bits per heavy atom. The number of aryl methyl sites for hydroxylation is 1. The van der Waals surface area contributed by atoms with Gasteiger partial charge in [0.2, 0.25) is 11.8 Å². The molecule has 0 spiro atoms. The highest BCUT2D eigenvalue weighted by atomic mass is 35.5. The molecule has 0 heterocycles. The second-order valence-electron chi connectivity index (χ2n) is 10.5. The van der Waals surface area contributed by atoms with E-state index in [9.17, 15) is 22.4 Å². The fraction of sp³-hybridized carbons (Fsp3) is 0.355. The molecule has 1 N–H and O–H groups in total. The molecule has 1 fully saturated rings. The fourth-order valence-electron chi connectivity index (χ4n) is 5.08. The number of nitrogens with one attached hydrogen (secondary N) is 1. The van der Waals surface area contributed by atoms with E-state index < -0.39 is 34.3 Å². The maximum atomic E-state index is 14.1. The molecule has 1 aliphatic carbocycles. The zero-order chi connectivity index (χ0) is 30.4. The molecule has 224 valence electrons. The van der Waals surface area contributed by atoms with Crippen LogP contribution in [0.1, 0.15) is 50.2 Å². The highest BCUT2D eigenvalue weighted by Crippen LogP contribution is 2.31. The third-order valence-corrected chi connectivity index (χ3v) is 9.96. The number of rotatable bonds is 11. The molecule has 1 unspecified atom stereocenters. The van der Waals surface area contributed by atoms with Crippen LogP contribution in [0.15, 0.2) is 71.6 Å². The summed E-state index contributed by atoms with van der Waals surface area (Å²) in [6.45, 7) is 3.01. The van der Waals surface area contributed by atoms with Gasteiger partial charge < -0.3 is 10.2 Å². The summed E-state index contributed by atoms with van der Waals surface area (Å²) in [6, 6.07) is 15.4. The van der Waals surface area contributed by atoms with Crippen molar-refractivity contribution in [2.75, 3.05) is 10.8 Å². The molecule has 2 amide bonds. The molecule has 1 atom stereocenters. The summed E-state index contributed by atoms with van der Waals surface area (Å²) in [5.41, 5.74) is 1.61. The Labute approximate surface area is 256 Å². The SMILES string of the molecule is CCC(C(=O)NC1CCCC1)N(Cc1ccc(F)cc1)C(=O)CN(c1ccc(Cl)c(Cl)c1)S(=O)(=O)c1ccc(C)cc1. The molecule has 1 aliphatic rings. The number of anilines is 1. The maximum Gasteiger partial charge on any atom is 0.264 e. The number of amides is 2. The second-order valence-corrected chi connectivity index (χ2v) is 13.2. The lowest BCUT2D eigenvalue weighted by molar-refractivity contribution is -0.140. The van der Waals surface area contributed by atoms with Gasteiger partial charge in [-0.15, -0.1) is 0 Å². The number of hydrogen-bond acceptors (Lipinski definition) is 4. The van der Waals surface area contributed by atoms with Crippen LogP contribution in [0.25, 0.3) is 0 Å². The third-order valence-electron chi connectivity index (χ3n) is 7.43. The summed E-state index contributed by atoms with van der Waals surface area (Å²) in [7, 11) is -4.24. The lowest BCUT2D eigenvalue weighted by atomic mass is 10.1. The van der Waals surface area contributed by atoms with Crippen LogP contribution in [0.2, 0.25) is 10.0 Å². The molecular weight excluding hydrogens is 600 g/mol. The van der Waals surface area contributed by atoms with E-state index in [4.69, 9.17) is 23.2 Å². The molecule has 11 heteroatoms. The van der Waals surface area contributed by atoms with Crippen LogP contribution in [0.3, 0.4) is 0 Å². The highest BCUT2D eigenvalue weighted by molar-refractivity contribution is 7.92. The fourth-order valence-corrected chi connectivity index (χ4v) is 6.78. The Balaban J connectivity index is 1.73. The van der Waals surface area contributed by atoms with Gasteiger partial charge in [0.25, 0.3) is 10.0 Å². The average Bonchev–Trinajstić information content (AvgIpc) is 3.47. The number of sulfonamides is 1. The molecule has 0 saturated heterocycles. The van der Waals surface area contributed by atoms with Crippen LogP contribution in [0, 0.1) is 12.7 Å². The Kier molecular flexibility index (Phi) is 10.5. The molecule has 0 aromatic heterocycles. The molecule has 3 aromatic carbocycles. The normalized spacial score (nSPS) is 14.4. The van der Waals surface area contributed by atoms with Crippen molar-refractivity contribution >= 4 is 50.7 Å². The van der Waals surface area contributed by atoms with E-state index in [0.717, 1.165) is 35.6 Å². The van der Waals surface area contributed by atoms with Crippen molar-refractivity contribution in [3.63, 3.8) is 0 Å². The predicted molar refractivity (Wildman–Crippen MR) is 164 cm³/mol. The van der Waals surface area contributed by atoms with Crippen molar-refractivity contribution < 1.29 is 22.4 Å². The van der Waals surface area contributed by atoms with Gasteiger partial charge in [-0.3, -0.25) is 13.9 Å². The topological polar surface area (TPSA) is 86.8 Å². The summed E-state index contributed by atoms with van der Waals surface area (Å²) in [4.78, 5) is 29.0. The molecule has 0 bridgehead atoms. The van der Waals surface area contributed by atoms with E-state index in [1.54, 1.807) is 19.1 Å². The van der Waals surface area contributed by atoms with E-state index in [0.29, 0.717) is 12.0 Å². The molecule has 42 heavy (non-hydrogen) atoms. The maximum absolute atomic E-state index is 14.1. The van der Waals surface area contributed by atoms with Gasteiger partial charge in [0, 0.05) is 12.6 Å². The van der Waals surface area contributed by atoms with Gasteiger partial charge in [-0.2, -0.15) is 0 Å². The lowest BCUT2D eigenvalue weighted by Crippen LogP contribution is -2.53. The van der Waals surface area contributed by atoms with E-state index in [1.807, 2.05) is 6.92 Å². The van der Waals surface area contributed by atoms with Crippen LogP contribution < -0.4 is 9.62 Å². The Bertz CT molecular complexity index is 1510. The van der Waals surface area contributed by atoms with E-state index >= 15 is 0 Å². The van der Waals surface area contributed by atoms with Gasteiger partial charge in [-0.05, 0) is 74.2 Å². The third kappa shape index (κ3) is 7.62. The Morgan fingerprint density at radius 3 is 2.21 bits per heavy atom. The monoisotopic (exact) mass is 633 g/mol. The van der Waals surface area contributed by atoms with Crippen molar-refractivity contribution in [3.05, 3.63) is 93.7 Å². The Hall–Kier alpha value is -3.14. The Morgan fingerprint density at radius 2 is 1.62 bits per heavy atom. The quantitative estimate of drug-likeness (QED) is 0.261. The molecular formula is C31H34Cl2FN3O4S. The van der Waals surface area contributed by atoms with Crippen molar-refractivity contribution in [1.82, 2.24) is 10.2 Å². The number of carbonyl (C=O) groups excluding carboxylic acids is 2. The molecule has 4 rings (SSSR count). The van der Waals surface area contributed by atoms with Crippen molar-refractivity contribution in [1.29, 1.82) is 0 Å². The zero-order valence-electron chi connectivity index (χ0n) is 23.5. The van der Waals surface area contributed by atoms with Crippen molar-refractivity contribution in [2.24, 2.45) is 0 Å². The second kappa shape index (κ2) is 13.9. The van der Waals surface area contributed by atoms with Gasteiger partial charge in [0.1, 0.15) is 18.4 Å². The van der Waals surface area contributed by atoms with Gasteiger partial charge in [-0.1, -0.05) is 72.8 Å². The molecule has 1 saturated carbocycles. The first-order valence-electron chi connectivity index (χ1n) is 13.9. The first kappa shape index (κ1) is 31.8. The van der Waals surface area contributed by atoms with Crippen molar-refractivity contribution in [3.8, 4) is 0 Å². The van der Waals surface area contributed by atoms with E-state index in [1.165, 1.54) is 59.5 Å². The number of halogens is 3. The number of nitrogens with zero attached hydrogens (tertiary/aromatic N) is 2. The van der Waals surface area contributed by atoms with E-state index in [-0.39, 0.29) is 39.1 Å². The number of hydrogen-bond donors (Lipinski definition) is 1. The molecule has 7 nitrogen and oxygen atoms in total. The standard InChI is InChI=1S/C31H34Cl2FN3O4S/c1-3-29(31(39)35-24-6-4-5-7-24)36(19-22-10-12-23(34)13-11-22)30(38)20-37(25-14-17-27(32)28(33)18-25)42(40,41)26-15-8-21(2)9-16-26/h8-18,24,29H,3-7,19-20H2,1-2H3,(H,35,39). The smallest absolute Gasteiger partial charge is 0.264 e. The number of benzene rings is 3. The number of carbonyl (C=O) groups is 2. The van der Waals surface area contributed by atoms with Crippen LogP contribution in [0.4, 0.5) is 10.1 Å². The largest absolute Gasteiger partial charge is 0.352 e. The summed E-state index contributed by atoms with van der Waals surface area (Å²) in [6.07, 6.45) is 4.08. The minimum atomic E-state index is -4.24. The van der Waals surface area contributed by atoms with Crippen LogP contribution >= 0.6 is 23.2 Å². The molecule has 0 radical (unpaired) electrons. The van der Waals surface area contributed by atoms with Crippen LogP contribution in [-0.4, -0.2) is 43.8 Å². The van der Waals surface area contributed by atoms with Gasteiger partial charge in [-0.25, -0.2) is 12.8 Å². The minimum absolute atomic E-state index is 0.0110. The molecule has 0 aliphatic heterocycles. The lowest BCUT2D eigenvalue weighted by Gasteiger charge is -2.34. The van der Waals surface area contributed by atoms with Gasteiger partial charge in [0.05, 0.1) is 20.6 Å². The summed E-state index contributed by atoms with van der Waals surface area (Å²) in [5.74, 6) is -1.34. The predicted octanol–water partition coefficient (Wildman–Crippen LogP) is 6.50. The van der Waals surface area contributed by atoms with Gasteiger partial charge in [0.15, 0.2) is 0 Å². The summed E-state index contributed by atoms with van der Waals surface area (Å²) < 4.78 is 42.5. The van der Waals surface area contributed by atoms with E-state index in [2.05, 4.69) is 5.32 Å². The van der Waals surface area contributed by atoms with Crippen LogP contribution in [-0.2, 0) is 26.2 Å².